The van der Waals surface area contributed by atoms with Gasteiger partial charge in [0.2, 0.25) is 0 Å². The molecule has 0 aromatic rings. The van der Waals surface area contributed by atoms with E-state index in [1.807, 2.05) is 0 Å². The monoisotopic (exact) mass is 178 g/mol. The van der Waals surface area contributed by atoms with Gasteiger partial charge in [-0.15, -0.1) is 5.98 Å². The van der Waals surface area contributed by atoms with E-state index in [0.29, 0.717) is 6.08 Å². The molecule has 0 radical (unpaired) electrons. The van der Waals surface area contributed by atoms with Crippen LogP contribution in [-0.4, -0.2) is 18.2 Å². The van der Waals surface area contributed by atoms with E-state index in [2.05, 4.69) is 0 Å². The molecular weight excluding hydrogens is 171 g/mol. The predicted octanol–water partition coefficient (Wildman–Crippen LogP) is -1.69. The van der Waals surface area contributed by atoms with Crippen LogP contribution in [0.3, 0.4) is 0 Å². The molecule has 10 heavy (non-hydrogen) atoms. The zero-order valence-electron chi connectivity index (χ0n) is 5.89. The quantitative estimate of drug-likeness (QED) is 0.500. The molecule has 0 spiro atoms. The Balaban J connectivity index is 0. The summed E-state index contributed by atoms with van der Waals surface area (Å²) in [7, 11) is 0. The van der Waals surface area contributed by atoms with Crippen molar-refractivity contribution >= 4 is 6.98 Å². The van der Waals surface area contributed by atoms with Crippen molar-refractivity contribution in [2.24, 2.45) is 0 Å². The molecule has 0 aromatic carbocycles. The maximum absolute atomic E-state index is 11.3. The van der Waals surface area contributed by atoms with E-state index in [1.165, 1.54) is 6.92 Å². The van der Waals surface area contributed by atoms with Crippen LogP contribution in [0.25, 0.3) is 0 Å². The van der Waals surface area contributed by atoms with Crippen molar-refractivity contribution in [3.8, 4) is 0 Å². The van der Waals surface area contributed by atoms with Crippen LogP contribution >= 0.6 is 0 Å². The van der Waals surface area contributed by atoms with E-state index in [1.54, 1.807) is 0 Å². The van der Waals surface area contributed by atoms with Gasteiger partial charge in [0.1, 0.15) is 0 Å². The molecular formula is C4H7BF3KO. The summed E-state index contributed by atoms with van der Waals surface area (Å²) in [5, 5.41) is 8.34. The maximum atomic E-state index is 11.3. The van der Waals surface area contributed by atoms with Crippen LogP contribution in [-0.2, 0) is 0 Å². The summed E-state index contributed by atoms with van der Waals surface area (Å²) >= 11 is 0. The number of hydrogen-bond acceptors (Lipinski definition) is 1. The minimum Gasteiger partial charge on any atom is -0.445 e. The molecule has 0 bridgehead atoms. The molecule has 0 unspecified atom stereocenters. The Hall–Kier alpha value is 1.19. The van der Waals surface area contributed by atoms with E-state index < -0.39 is 13.1 Å². The van der Waals surface area contributed by atoms with Gasteiger partial charge in [-0.2, -0.15) is 0 Å². The molecule has 0 aromatic heterocycles. The number of aliphatic hydroxyl groups excluding tert-OH is 1. The summed E-state index contributed by atoms with van der Waals surface area (Å²) in [6.45, 7) is -3.61. The van der Waals surface area contributed by atoms with Crippen LogP contribution in [0.5, 0.6) is 0 Å². The molecule has 0 fully saturated rings. The fourth-order valence-electron chi connectivity index (χ4n) is 0.287. The topological polar surface area (TPSA) is 20.2 Å². The molecule has 6 heteroatoms. The first-order valence-corrected chi connectivity index (χ1v) is 2.49. The molecule has 0 rings (SSSR count). The first kappa shape index (κ1) is 13.8. The Bertz CT molecular complexity index is 112. The van der Waals surface area contributed by atoms with Crippen LogP contribution in [0.15, 0.2) is 12.1 Å². The van der Waals surface area contributed by atoms with E-state index >= 15 is 0 Å². The Morgan fingerprint density at radius 2 is 1.80 bits per heavy atom. The summed E-state index contributed by atoms with van der Waals surface area (Å²) in [4.78, 5) is 0. The van der Waals surface area contributed by atoms with Crippen molar-refractivity contribution in [2.45, 2.75) is 13.0 Å². The third-order valence-corrected chi connectivity index (χ3v) is 0.608. The smallest absolute Gasteiger partial charge is 0.445 e. The second-order valence-electron chi connectivity index (χ2n) is 1.75. The largest absolute Gasteiger partial charge is 1.00 e. The Morgan fingerprint density at radius 3 is 1.90 bits per heavy atom. The van der Waals surface area contributed by atoms with Gasteiger partial charge < -0.3 is 18.1 Å². The van der Waals surface area contributed by atoms with E-state index in [-0.39, 0.29) is 57.4 Å². The molecule has 0 aliphatic heterocycles. The van der Waals surface area contributed by atoms with Gasteiger partial charge in [0, 0.05) is 0 Å². The van der Waals surface area contributed by atoms with Gasteiger partial charge in [0.25, 0.3) is 0 Å². The van der Waals surface area contributed by atoms with Crippen molar-refractivity contribution in [3.63, 3.8) is 0 Å². The third kappa shape index (κ3) is 11.9. The standard InChI is InChI=1S/C4H7BF3O.K/c1-4(9)2-3-5(6,7)8;/h2-4,9H,1H3;/q-1;+1/b3-2+;/t4-;/m0./s1. The maximum Gasteiger partial charge on any atom is 1.00 e. The fourth-order valence-corrected chi connectivity index (χ4v) is 0.287. The number of aliphatic hydroxyl groups is 1. The molecule has 0 aliphatic rings. The van der Waals surface area contributed by atoms with Crippen LogP contribution in [0, 0.1) is 0 Å². The van der Waals surface area contributed by atoms with E-state index in [0.717, 1.165) is 0 Å². The molecule has 1 atom stereocenters. The van der Waals surface area contributed by atoms with Crippen LogP contribution in [0.4, 0.5) is 12.9 Å². The first-order chi connectivity index (χ1) is 3.92. The zero-order valence-corrected chi connectivity index (χ0v) is 9.01. The van der Waals surface area contributed by atoms with Gasteiger partial charge >= 0.3 is 58.4 Å². The van der Waals surface area contributed by atoms with E-state index in [4.69, 9.17) is 5.11 Å². The van der Waals surface area contributed by atoms with Crippen LogP contribution < -0.4 is 51.4 Å². The third-order valence-electron chi connectivity index (χ3n) is 0.608. The molecule has 0 saturated heterocycles. The van der Waals surface area contributed by atoms with Gasteiger partial charge in [0.15, 0.2) is 0 Å². The Kier molecular flexibility index (Phi) is 7.97. The first-order valence-electron chi connectivity index (χ1n) is 2.49. The molecule has 0 amide bonds. The average molecular weight is 178 g/mol. The number of hydrogen-bond donors (Lipinski definition) is 1. The Morgan fingerprint density at radius 1 is 1.40 bits per heavy atom. The number of halogens is 3. The van der Waals surface area contributed by atoms with Gasteiger partial charge in [0.05, 0.1) is 6.10 Å². The average Bonchev–Trinajstić information content (AvgIpc) is 1.59. The molecule has 0 heterocycles. The summed E-state index contributed by atoms with van der Waals surface area (Å²) in [6, 6.07) is 0. The van der Waals surface area contributed by atoms with Crippen LogP contribution in [0.1, 0.15) is 6.92 Å². The van der Waals surface area contributed by atoms with Gasteiger partial charge in [-0.3, -0.25) is 0 Å². The summed E-state index contributed by atoms with van der Waals surface area (Å²) in [6.07, 6.45) is -0.312. The summed E-state index contributed by atoms with van der Waals surface area (Å²) < 4.78 is 33.8. The van der Waals surface area contributed by atoms with Crippen LogP contribution in [0.2, 0.25) is 0 Å². The molecule has 0 aliphatic carbocycles. The van der Waals surface area contributed by atoms with Crippen molar-refractivity contribution in [2.75, 3.05) is 0 Å². The zero-order chi connectivity index (χ0) is 7.49. The van der Waals surface area contributed by atoms with Crippen molar-refractivity contribution in [3.05, 3.63) is 12.1 Å². The van der Waals surface area contributed by atoms with Gasteiger partial charge in [-0.25, -0.2) is 0 Å². The van der Waals surface area contributed by atoms with E-state index in [9.17, 15) is 12.9 Å². The number of rotatable bonds is 2. The van der Waals surface area contributed by atoms with Crippen molar-refractivity contribution in [1.82, 2.24) is 0 Å². The minimum atomic E-state index is -4.87. The second-order valence-corrected chi connectivity index (χ2v) is 1.75. The van der Waals surface area contributed by atoms with Gasteiger partial charge in [-0.05, 0) is 6.92 Å². The molecule has 0 saturated carbocycles. The predicted molar refractivity (Wildman–Crippen MR) is 29.9 cm³/mol. The SMILES string of the molecule is C[C@H](O)/C=C/[B-](F)(F)F.[K+]. The fraction of sp³-hybridized carbons (Fsp3) is 0.500. The normalized spacial score (nSPS) is 14.9. The molecule has 1 N–H and O–H groups in total. The Labute approximate surface area is 100 Å². The summed E-state index contributed by atoms with van der Waals surface area (Å²) in [5.74, 6) is 0.0741. The summed E-state index contributed by atoms with van der Waals surface area (Å²) in [5.41, 5.74) is 0. The van der Waals surface area contributed by atoms with Crippen molar-refractivity contribution in [1.29, 1.82) is 0 Å². The van der Waals surface area contributed by atoms with Crippen molar-refractivity contribution < 1.29 is 69.4 Å². The molecule has 1 nitrogen and oxygen atoms in total. The second kappa shape index (κ2) is 5.79. The van der Waals surface area contributed by atoms with Gasteiger partial charge in [-0.1, -0.05) is 6.08 Å². The molecule has 54 valence electrons. The minimum absolute atomic E-state index is 0.